The fourth-order valence-corrected chi connectivity index (χ4v) is 2.99. The number of hydrogen-bond acceptors (Lipinski definition) is 1. The summed E-state index contributed by atoms with van der Waals surface area (Å²) in [7, 11) is 0. The number of para-hydroxylation sites is 1. The Morgan fingerprint density at radius 3 is 2.78 bits per heavy atom. The first-order chi connectivity index (χ1) is 8.69. The molecule has 1 aliphatic rings. The van der Waals surface area contributed by atoms with Gasteiger partial charge in [0.05, 0.1) is 16.4 Å². The van der Waals surface area contributed by atoms with Crippen LogP contribution in [-0.4, -0.2) is 9.55 Å². The molecule has 1 saturated carbocycles. The third-order valence-electron chi connectivity index (χ3n) is 4.13. The molecule has 2 aromatic rings. The van der Waals surface area contributed by atoms with Gasteiger partial charge < -0.3 is 4.57 Å². The van der Waals surface area contributed by atoms with Crippen LogP contribution in [0.1, 0.15) is 32.0 Å². The smallest absolute Gasteiger partial charge is 0.124 e. The maximum atomic E-state index is 6.20. The fourth-order valence-electron chi connectivity index (χ4n) is 2.58. The summed E-state index contributed by atoms with van der Waals surface area (Å²) in [6.07, 6.45) is 3.84. The molecule has 0 aliphatic heterocycles. The number of alkyl halides is 1. The van der Waals surface area contributed by atoms with Crippen molar-refractivity contribution in [2.75, 3.05) is 0 Å². The number of aromatic nitrogens is 2. The molecule has 0 spiro atoms. The Morgan fingerprint density at radius 2 is 2.17 bits per heavy atom. The number of rotatable bonds is 4. The number of imidazole rings is 1. The lowest BCUT2D eigenvalue weighted by Gasteiger charge is -2.15. The zero-order valence-corrected chi connectivity index (χ0v) is 11.9. The lowest BCUT2D eigenvalue weighted by molar-refractivity contribution is 0.410. The summed E-state index contributed by atoms with van der Waals surface area (Å²) in [5.41, 5.74) is 2.45. The highest BCUT2D eigenvalue weighted by molar-refractivity contribution is 6.35. The molecule has 1 heterocycles. The van der Waals surface area contributed by atoms with Crippen LogP contribution in [-0.2, 0) is 12.4 Å². The van der Waals surface area contributed by atoms with E-state index in [4.69, 9.17) is 23.2 Å². The van der Waals surface area contributed by atoms with E-state index in [1.165, 1.54) is 19.3 Å². The van der Waals surface area contributed by atoms with Gasteiger partial charge in [-0.15, -0.1) is 11.6 Å². The maximum Gasteiger partial charge on any atom is 0.124 e. The van der Waals surface area contributed by atoms with Gasteiger partial charge in [0, 0.05) is 6.54 Å². The Kier molecular flexibility index (Phi) is 3.03. The molecule has 3 rings (SSSR count). The average molecular weight is 283 g/mol. The lowest BCUT2D eigenvalue weighted by Crippen LogP contribution is -2.12. The summed E-state index contributed by atoms with van der Waals surface area (Å²) >= 11 is 12.2. The first kappa shape index (κ1) is 12.3. The summed E-state index contributed by atoms with van der Waals surface area (Å²) in [6, 6.07) is 5.94. The van der Waals surface area contributed by atoms with Crippen molar-refractivity contribution >= 4 is 34.2 Å². The highest BCUT2D eigenvalue weighted by atomic mass is 35.5. The molecule has 0 N–H and O–H groups in total. The van der Waals surface area contributed by atoms with Crippen LogP contribution in [0.15, 0.2) is 18.2 Å². The van der Waals surface area contributed by atoms with Gasteiger partial charge in [0.2, 0.25) is 0 Å². The van der Waals surface area contributed by atoms with Crippen LogP contribution in [0.2, 0.25) is 5.02 Å². The third kappa shape index (κ3) is 1.92. The molecule has 0 atom stereocenters. The SMILES string of the molecule is CCC1(Cn2c(CCl)nc3c(Cl)cccc32)CC1. The van der Waals surface area contributed by atoms with Gasteiger partial charge in [-0.05, 0) is 36.8 Å². The van der Waals surface area contributed by atoms with Gasteiger partial charge in [0.1, 0.15) is 11.3 Å². The molecule has 2 nitrogen and oxygen atoms in total. The molecule has 0 unspecified atom stereocenters. The van der Waals surface area contributed by atoms with Crippen LogP contribution in [0.25, 0.3) is 11.0 Å². The van der Waals surface area contributed by atoms with Crippen molar-refractivity contribution in [3.63, 3.8) is 0 Å². The first-order valence-corrected chi connectivity index (χ1v) is 7.30. The van der Waals surface area contributed by atoms with Gasteiger partial charge in [-0.1, -0.05) is 24.6 Å². The Bertz CT molecular complexity index is 585. The predicted molar refractivity (Wildman–Crippen MR) is 76.3 cm³/mol. The standard InChI is InChI=1S/C14H16Cl2N2/c1-2-14(6-7-14)9-18-11-5-3-4-10(16)13(11)17-12(18)8-15/h3-5H,2,6-9H2,1H3. The molecule has 4 heteroatoms. The zero-order valence-electron chi connectivity index (χ0n) is 10.4. The van der Waals surface area contributed by atoms with Crippen molar-refractivity contribution < 1.29 is 0 Å². The topological polar surface area (TPSA) is 17.8 Å². The Hall–Kier alpha value is -0.730. The van der Waals surface area contributed by atoms with E-state index in [1.54, 1.807) is 0 Å². The largest absolute Gasteiger partial charge is 0.326 e. The summed E-state index contributed by atoms with van der Waals surface area (Å²) in [6.45, 7) is 3.28. The summed E-state index contributed by atoms with van der Waals surface area (Å²) in [5.74, 6) is 1.37. The minimum atomic E-state index is 0.435. The Morgan fingerprint density at radius 1 is 1.39 bits per heavy atom. The monoisotopic (exact) mass is 282 g/mol. The van der Waals surface area contributed by atoms with Gasteiger partial charge in [-0.2, -0.15) is 0 Å². The van der Waals surface area contributed by atoms with Crippen molar-refractivity contribution in [3.8, 4) is 0 Å². The number of hydrogen-bond donors (Lipinski definition) is 0. The Balaban J connectivity index is 2.11. The van der Waals surface area contributed by atoms with E-state index >= 15 is 0 Å². The number of fused-ring (bicyclic) bond motifs is 1. The normalized spacial score (nSPS) is 17.3. The molecule has 0 radical (unpaired) electrons. The van der Waals surface area contributed by atoms with Crippen LogP contribution < -0.4 is 0 Å². The van der Waals surface area contributed by atoms with E-state index in [1.807, 2.05) is 12.1 Å². The molecular formula is C14H16Cl2N2. The van der Waals surface area contributed by atoms with Crippen LogP contribution >= 0.6 is 23.2 Å². The van der Waals surface area contributed by atoms with Crippen LogP contribution in [0.3, 0.4) is 0 Å². The molecule has 18 heavy (non-hydrogen) atoms. The molecule has 1 aromatic heterocycles. The minimum absolute atomic E-state index is 0.435. The Labute approximate surface area is 117 Å². The molecule has 0 saturated heterocycles. The van der Waals surface area contributed by atoms with Crippen molar-refractivity contribution in [2.45, 2.75) is 38.6 Å². The van der Waals surface area contributed by atoms with Crippen molar-refractivity contribution in [1.82, 2.24) is 9.55 Å². The van der Waals surface area contributed by atoms with E-state index in [0.717, 1.165) is 23.4 Å². The van der Waals surface area contributed by atoms with Gasteiger partial charge in [-0.3, -0.25) is 0 Å². The maximum absolute atomic E-state index is 6.20. The lowest BCUT2D eigenvalue weighted by atomic mass is 10.0. The quantitative estimate of drug-likeness (QED) is 0.749. The van der Waals surface area contributed by atoms with Gasteiger partial charge in [0.15, 0.2) is 0 Å². The summed E-state index contributed by atoms with van der Waals surface area (Å²) in [4.78, 5) is 4.58. The molecule has 0 bridgehead atoms. The van der Waals surface area contributed by atoms with Gasteiger partial charge in [0.25, 0.3) is 0 Å². The number of nitrogens with zero attached hydrogens (tertiary/aromatic N) is 2. The highest BCUT2D eigenvalue weighted by Crippen LogP contribution is 2.50. The number of benzene rings is 1. The van der Waals surface area contributed by atoms with Crippen LogP contribution in [0.4, 0.5) is 0 Å². The van der Waals surface area contributed by atoms with E-state index in [2.05, 4.69) is 22.5 Å². The molecule has 0 amide bonds. The number of halogens is 2. The second kappa shape index (κ2) is 4.43. The van der Waals surface area contributed by atoms with Crippen molar-refractivity contribution in [2.24, 2.45) is 5.41 Å². The fraction of sp³-hybridized carbons (Fsp3) is 0.500. The van der Waals surface area contributed by atoms with Crippen molar-refractivity contribution in [1.29, 1.82) is 0 Å². The third-order valence-corrected chi connectivity index (χ3v) is 4.67. The minimum Gasteiger partial charge on any atom is -0.326 e. The van der Waals surface area contributed by atoms with E-state index in [0.29, 0.717) is 16.3 Å². The molecule has 96 valence electrons. The summed E-state index contributed by atoms with van der Waals surface area (Å²) < 4.78 is 2.25. The summed E-state index contributed by atoms with van der Waals surface area (Å²) in [5, 5.41) is 0.707. The second-order valence-electron chi connectivity index (χ2n) is 5.21. The predicted octanol–water partition coefficient (Wildman–Crippen LogP) is 4.62. The second-order valence-corrected chi connectivity index (χ2v) is 5.88. The molecule has 1 aliphatic carbocycles. The van der Waals surface area contributed by atoms with E-state index in [9.17, 15) is 0 Å². The van der Waals surface area contributed by atoms with E-state index in [-0.39, 0.29) is 0 Å². The average Bonchev–Trinajstić information content (AvgIpc) is 3.07. The van der Waals surface area contributed by atoms with Gasteiger partial charge in [-0.25, -0.2) is 4.98 Å². The molecular weight excluding hydrogens is 267 g/mol. The first-order valence-electron chi connectivity index (χ1n) is 6.39. The van der Waals surface area contributed by atoms with Crippen LogP contribution in [0, 0.1) is 5.41 Å². The zero-order chi connectivity index (χ0) is 12.8. The highest BCUT2D eigenvalue weighted by Gasteiger charge is 2.41. The van der Waals surface area contributed by atoms with E-state index < -0.39 is 0 Å². The van der Waals surface area contributed by atoms with Crippen molar-refractivity contribution in [3.05, 3.63) is 29.0 Å². The van der Waals surface area contributed by atoms with Crippen LogP contribution in [0.5, 0.6) is 0 Å². The van der Waals surface area contributed by atoms with Gasteiger partial charge >= 0.3 is 0 Å². The molecule has 1 aromatic carbocycles. The molecule has 1 fully saturated rings.